The van der Waals surface area contributed by atoms with Crippen molar-refractivity contribution in [3.05, 3.63) is 33.9 Å². The molecule has 1 rings (SSSR count). The van der Waals surface area contributed by atoms with Crippen LogP contribution in [0.2, 0.25) is 0 Å². The Kier molecular flexibility index (Phi) is 6.84. The van der Waals surface area contributed by atoms with Gasteiger partial charge in [-0.3, -0.25) is 10.1 Å². The van der Waals surface area contributed by atoms with Crippen molar-refractivity contribution in [2.45, 2.75) is 25.8 Å². The Morgan fingerprint density at radius 2 is 2.11 bits per heavy atom. The molecule has 0 atom stereocenters. The van der Waals surface area contributed by atoms with E-state index in [1.807, 2.05) is 0 Å². The highest BCUT2D eigenvalue weighted by Gasteiger charge is 2.09. The lowest BCUT2D eigenvalue weighted by molar-refractivity contribution is -0.385. The molecule has 0 saturated heterocycles. The largest absolute Gasteiger partial charge is 0.496 e. The molecular formula is C13H20N2O4. The smallest absolute Gasteiger partial charge is 0.273 e. The van der Waals surface area contributed by atoms with Crippen LogP contribution in [0.4, 0.5) is 5.69 Å². The molecule has 0 aromatic heterocycles. The van der Waals surface area contributed by atoms with Gasteiger partial charge in [0.15, 0.2) is 0 Å². The number of aliphatic hydroxyl groups excluding tert-OH is 1. The first kappa shape index (κ1) is 15.4. The highest BCUT2D eigenvalue weighted by Crippen LogP contribution is 2.22. The fraction of sp³-hybridized carbons (Fsp3) is 0.538. The highest BCUT2D eigenvalue weighted by atomic mass is 16.6. The van der Waals surface area contributed by atoms with Crippen LogP contribution < -0.4 is 10.1 Å². The lowest BCUT2D eigenvalue weighted by atomic mass is 10.2. The Bertz CT molecular complexity index is 410. The molecule has 2 N–H and O–H groups in total. The number of benzene rings is 1. The number of methoxy groups -OCH3 is 1. The summed E-state index contributed by atoms with van der Waals surface area (Å²) in [5, 5.41) is 22.6. The molecule has 0 aliphatic carbocycles. The van der Waals surface area contributed by atoms with E-state index in [-0.39, 0.29) is 12.3 Å². The van der Waals surface area contributed by atoms with E-state index in [1.54, 1.807) is 12.1 Å². The normalized spacial score (nSPS) is 10.4. The predicted octanol–water partition coefficient (Wildman–Crippen LogP) is 1.86. The Hall–Kier alpha value is -1.66. The van der Waals surface area contributed by atoms with Gasteiger partial charge in [0, 0.05) is 19.2 Å². The molecule has 106 valence electrons. The summed E-state index contributed by atoms with van der Waals surface area (Å²) in [5.41, 5.74) is 0.865. The van der Waals surface area contributed by atoms with Crippen LogP contribution in [0.3, 0.4) is 0 Å². The van der Waals surface area contributed by atoms with Gasteiger partial charge in [0.1, 0.15) is 5.75 Å². The lowest BCUT2D eigenvalue weighted by Crippen LogP contribution is -2.15. The summed E-state index contributed by atoms with van der Waals surface area (Å²) in [6.45, 7) is 1.62. The molecule has 0 aliphatic heterocycles. The van der Waals surface area contributed by atoms with Crippen LogP contribution >= 0.6 is 0 Å². The van der Waals surface area contributed by atoms with Crippen molar-refractivity contribution in [2.24, 2.45) is 0 Å². The molecule has 0 aliphatic rings. The van der Waals surface area contributed by atoms with Crippen LogP contribution in [0.25, 0.3) is 0 Å². The average molecular weight is 268 g/mol. The van der Waals surface area contributed by atoms with E-state index in [0.717, 1.165) is 31.4 Å². The van der Waals surface area contributed by atoms with Crippen LogP contribution in [0.15, 0.2) is 18.2 Å². The number of rotatable bonds is 9. The first-order valence-corrected chi connectivity index (χ1v) is 6.31. The average Bonchev–Trinajstić information content (AvgIpc) is 2.42. The van der Waals surface area contributed by atoms with Crippen LogP contribution in [-0.2, 0) is 6.54 Å². The minimum absolute atomic E-state index is 0.0384. The second-order valence-corrected chi connectivity index (χ2v) is 4.26. The minimum Gasteiger partial charge on any atom is -0.496 e. The van der Waals surface area contributed by atoms with E-state index in [0.29, 0.717) is 12.3 Å². The molecule has 6 nitrogen and oxygen atoms in total. The molecule has 19 heavy (non-hydrogen) atoms. The lowest BCUT2D eigenvalue weighted by Gasteiger charge is -2.07. The van der Waals surface area contributed by atoms with E-state index in [9.17, 15) is 10.1 Å². The van der Waals surface area contributed by atoms with Crippen molar-refractivity contribution in [3.63, 3.8) is 0 Å². The Morgan fingerprint density at radius 3 is 2.74 bits per heavy atom. The van der Waals surface area contributed by atoms with E-state index in [4.69, 9.17) is 9.84 Å². The molecule has 1 aromatic rings. The zero-order valence-electron chi connectivity index (χ0n) is 11.1. The second kappa shape index (κ2) is 8.44. The monoisotopic (exact) mass is 268 g/mol. The number of unbranched alkanes of at least 4 members (excludes halogenated alkanes) is 2. The standard InChI is InChI=1S/C13H20N2O4/c1-19-13-8-11(7-12(9-13)15(17)18)10-14-5-3-2-4-6-16/h7-9,14,16H,2-6,10H2,1H3. The number of nitrogens with zero attached hydrogens (tertiary/aromatic N) is 1. The summed E-state index contributed by atoms with van der Waals surface area (Å²) in [6.07, 6.45) is 2.76. The van der Waals surface area contributed by atoms with Crippen molar-refractivity contribution in [2.75, 3.05) is 20.3 Å². The number of hydrogen-bond acceptors (Lipinski definition) is 5. The van der Waals surface area contributed by atoms with Gasteiger partial charge in [-0.25, -0.2) is 0 Å². The van der Waals surface area contributed by atoms with Crippen molar-refractivity contribution < 1.29 is 14.8 Å². The third-order valence-electron chi connectivity index (χ3n) is 2.74. The molecule has 0 unspecified atom stereocenters. The molecule has 0 fully saturated rings. The number of nitrogens with one attached hydrogen (secondary N) is 1. The number of nitro groups is 1. The Labute approximate surface area is 112 Å². The fourth-order valence-corrected chi connectivity index (χ4v) is 1.74. The number of nitro benzene ring substituents is 1. The number of hydrogen-bond donors (Lipinski definition) is 2. The molecular weight excluding hydrogens is 248 g/mol. The van der Waals surface area contributed by atoms with Crippen LogP contribution in [-0.4, -0.2) is 30.3 Å². The predicted molar refractivity (Wildman–Crippen MR) is 72.3 cm³/mol. The highest BCUT2D eigenvalue weighted by molar-refractivity contribution is 5.42. The summed E-state index contributed by atoms with van der Waals surface area (Å²) in [7, 11) is 1.49. The fourth-order valence-electron chi connectivity index (χ4n) is 1.74. The number of ether oxygens (including phenoxy) is 1. The SMILES string of the molecule is COc1cc(CNCCCCCO)cc([N+](=O)[O-])c1. The first-order valence-electron chi connectivity index (χ1n) is 6.31. The first-order chi connectivity index (χ1) is 9.17. The molecule has 0 radical (unpaired) electrons. The zero-order valence-corrected chi connectivity index (χ0v) is 11.1. The van der Waals surface area contributed by atoms with Crippen LogP contribution in [0, 0.1) is 10.1 Å². The topological polar surface area (TPSA) is 84.6 Å². The molecule has 0 saturated carbocycles. The maximum absolute atomic E-state index is 10.8. The van der Waals surface area contributed by atoms with Gasteiger partial charge >= 0.3 is 0 Å². The second-order valence-electron chi connectivity index (χ2n) is 4.26. The van der Waals surface area contributed by atoms with Gasteiger partial charge in [0.25, 0.3) is 5.69 Å². The van der Waals surface area contributed by atoms with Gasteiger partial charge < -0.3 is 15.2 Å². The Morgan fingerprint density at radius 1 is 1.32 bits per heavy atom. The maximum Gasteiger partial charge on any atom is 0.273 e. The van der Waals surface area contributed by atoms with Crippen LogP contribution in [0.1, 0.15) is 24.8 Å². The van der Waals surface area contributed by atoms with Crippen LogP contribution in [0.5, 0.6) is 5.75 Å². The quantitative estimate of drug-likeness (QED) is 0.405. The van der Waals surface area contributed by atoms with E-state index >= 15 is 0 Å². The summed E-state index contributed by atoms with van der Waals surface area (Å²) < 4.78 is 5.05. The summed E-state index contributed by atoms with van der Waals surface area (Å²) in [6, 6.07) is 4.74. The molecule has 0 bridgehead atoms. The minimum atomic E-state index is -0.423. The van der Waals surface area contributed by atoms with Gasteiger partial charge in [0.2, 0.25) is 0 Å². The van der Waals surface area contributed by atoms with E-state index in [2.05, 4.69) is 5.32 Å². The molecule has 1 aromatic carbocycles. The van der Waals surface area contributed by atoms with Crippen molar-refractivity contribution in [1.82, 2.24) is 5.32 Å². The number of non-ortho nitro benzene ring substituents is 1. The van der Waals surface area contributed by atoms with Gasteiger partial charge in [-0.05, 0) is 37.4 Å². The van der Waals surface area contributed by atoms with Gasteiger partial charge in [-0.2, -0.15) is 0 Å². The summed E-state index contributed by atoms with van der Waals surface area (Å²) in [4.78, 5) is 10.4. The Balaban J connectivity index is 2.48. The number of aliphatic hydroxyl groups is 1. The third-order valence-corrected chi connectivity index (χ3v) is 2.74. The van der Waals surface area contributed by atoms with Crippen molar-refractivity contribution in [3.8, 4) is 5.75 Å². The van der Waals surface area contributed by atoms with E-state index in [1.165, 1.54) is 13.2 Å². The van der Waals surface area contributed by atoms with E-state index < -0.39 is 4.92 Å². The van der Waals surface area contributed by atoms with Gasteiger partial charge in [-0.15, -0.1) is 0 Å². The molecule has 0 heterocycles. The third kappa shape index (κ3) is 5.67. The van der Waals surface area contributed by atoms with Gasteiger partial charge in [0.05, 0.1) is 18.1 Å². The summed E-state index contributed by atoms with van der Waals surface area (Å²) in [5.74, 6) is 0.492. The van der Waals surface area contributed by atoms with Gasteiger partial charge in [-0.1, -0.05) is 0 Å². The molecule has 6 heteroatoms. The van der Waals surface area contributed by atoms with Crippen molar-refractivity contribution >= 4 is 5.69 Å². The van der Waals surface area contributed by atoms with Crippen molar-refractivity contribution in [1.29, 1.82) is 0 Å². The molecule has 0 spiro atoms. The summed E-state index contributed by atoms with van der Waals surface area (Å²) >= 11 is 0. The maximum atomic E-state index is 10.8. The molecule has 0 amide bonds. The zero-order chi connectivity index (χ0) is 14.1.